The van der Waals surface area contributed by atoms with Gasteiger partial charge >= 0.3 is 0 Å². The van der Waals surface area contributed by atoms with Crippen LogP contribution < -0.4 is 0 Å². The number of halogens is 2. The molecule has 1 aromatic rings. The Hall–Kier alpha value is -0.390. The van der Waals surface area contributed by atoms with Crippen molar-refractivity contribution in [2.75, 3.05) is 0 Å². The minimum atomic E-state index is -1.34. The number of nitrogens with zero attached hydrogens (tertiary/aromatic N) is 1. The van der Waals surface area contributed by atoms with Gasteiger partial charge in [-0.05, 0) is 51.3 Å². The van der Waals surface area contributed by atoms with Crippen molar-refractivity contribution in [3.8, 4) is 0 Å². The molecule has 0 saturated carbocycles. The van der Waals surface area contributed by atoms with E-state index in [0.717, 1.165) is 16.5 Å². The molecule has 0 radical (unpaired) electrons. The molecule has 0 saturated heterocycles. The third-order valence-electron chi connectivity index (χ3n) is 2.77. The van der Waals surface area contributed by atoms with E-state index in [9.17, 15) is 8.94 Å². The number of aryl methyl sites for hydroxylation is 1. The van der Waals surface area contributed by atoms with Crippen LogP contribution in [0, 0.1) is 5.82 Å². The highest BCUT2D eigenvalue weighted by Crippen LogP contribution is 2.30. The summed E-state index contributed by atoms with van der Waals surface area (Å²) in [6.07, 6.45) is 1.41. The summed E-state index contributed by atoms with van der Waals surface area (Å²) in [6, 6.07) is 3.33. The quantitative estimate of drug-likeness (QED) is 0.721. The number of fused-ring (bicyclic) bond motifs is 1. The van der Waals surface area contributed by atoms with Gasteiger partial charge in [0.25, 0.3) is 0 Å². The molecule has 1 aromatic carbocycles. The first-order valence-electron chi connectivity index (χ1n) is 5.77. The van der Waals surface area contributed by atoms with Gasteiger partial charge in [0.1, 0.15) is 27.6 Å². The first-order valence-corrected chi connectivity index (χ1v) is 7.67. The zero-order valence-corrected chi connectivity index (χ0v) is 13.0. The van der Waals surface area contributed by atoms with E-state index in [4.69, 9.17) is 0 Å². The van der Waals surface area contributed by atoms with Gasteiger partial charge in [-0.25, -0.2) is 4.39 Å². The number of hydrogen-bond donors (Lipinski definition) is 0. The van der Waals surface area contributed by atoms with Gasteiger partial charge < -0.3 is 4.55 Å². The van der Waals surface area contributed by atoms with Gasteiger partial charge in [-0.2, -0.15) is 0 Å². The summed E-state index contributed by atoms with van der Waals surface area (Å²) >= 11 is 1.94. The minimum absolute atomic E-state index is 0.290. The average molecular weight is 332 g/mol. The summed E-state index contributed by atoms with van der Waals surface area (Å²) in [6.45, 7) is 5.59. The molecule has 2 nitrogen and oxygen atoms in total. The fourth-order valence-corrected chi connectivity index (χ4v) is 2.99. The van der Waals surface area contributed by atoms with E-state index in [-0.39, 0.29) is 5.82 Å². The van der Waals surface area contributed by atoms with Crippen LogP contribution in [0.3, 0.4) is 0 Å². The molecule has 1 atom stereocenters. The standard InChI is InChI=1S/C13H15BrFNOS/c1-13(2,3)18(17)16-11-5-4-8-6-9(14)7-10(15)12(8)11/h6-7H,4-5H2,1-3H3/b16-11+/t18-/m0/s1. The van der Waals surface area contributed by atoms with Crippen molar-refractivity contribution in [3.63, 3.8) is 0 Å². The molecule has 0 aliphatic heterocycles. The predicted molar refractivity (Wildman–Crippen MR) is 76.9 cm³/mol. The molecule has 0 amide bonds. The molecule has 18 heavy (non-hydrogen) atoms. The number of hydrogen-bond acceptors (Lipinski definition) is 2. The van der Waals surface area contributed by atoms with Crippen molar-refractivity contribution in [2.45, 2.75) is 38.4 Å². The van der Waals surface area contributed by atoms with Crippen molar-refractivity contribution < 1.29 is 8.94 Å². The van der Waals surface area contributed by atoms with Gasteiger partial charge in [0.2, 0.25) is 0 Å². The molecule has 0 fully saturated rings. The summed E-state index contributed by atoms with van der Waals surface area (Å²) in [5.41, 5.74) is 2.10. The van der Waals surface area contributed by atoms with Crippen LogP contribution in [0.25, 0.3) is 0 Å². The molecule has 0 bridgehead atoms. The van der Waals surface area contributed by atoms with E-state index in [1.807, 2.05) is 26.8 Å². The monoisotopic (exact) mass is 331 g/mol. The van der Waals surface area contributed by atoms with Crippen LogP contribution in [0.4, 0.5) is 4.39 Å². The Morgan fingerprint density at radius 1 is 1.33 bits per heavy atom. The maximum Gasteiger partial charge on any atom is 0.144 e. The molecular formula is C13H15BrFNOS. The lowest BCUT2D eigenvalue weighted by Crippen LogP contribution is -2.26. The molecule has 0 N–H and O–H groups in total. The maximum absolute atomic E-state index is 13.9. The highest BCUT2D eigenvalue weighted by molar-refractivity contribution is 9.10. The maximum atomic E-state index is 13.9. The van der Waals surface area contributed by atoms with Crippen LogP contribution in [0.5, 0.6) is 0 Å². The normalized spacial score (nSPS) is 19.1. The van der Waals surface area contributed by atoms with Crippen LogP contribution in [-0.2, 0) is 17.8 Å². The fraction of sp³-hybridized carbons (Fsp3) is 0.462. The van der Waals surface area contributed by atoms with E-state index in [2.05, 4.69) is 20.3 Å². The second-order valence-corrected chi connectivity index (χ2v) is 8.14. The molecule has 5 heteroatoms. The highest BCUT2D eigenvalue weighted by atomic mass is 79.9. The lowest BCUT2D eigenvalue weighted by atomic mass is 10.1. The summed E-state index contributed by atoms with van der Waals surface area (Å²) in [5.74, 6) is -0.290. The van der Waals surface area contributed by atoms with Gasteiger partial charge in [0, 0.05) is 10.0 Å². The van der Waals surface area contributed by atoms with Gasteiger partial charge in [-0.1, -0.05) is 20.3 Å². The number of benzene rings is 1. The van der Waals surface area contributed by atoms with Crippen molar-refractivity contribution in [2.24, 2.45) is 4.40 Å². The molecule has 0 unspecified atom stereocenters. The largest absolute Gasteiger partial charge is 0.591 e. The molecule has 2 rings (SSSR count). The van der Waals surface area contributed by atoms with Gasteiger partial charge in [0.05, 0.1) is 0 Å². The van der Waals surface area contributed by atoms with Crippen molar-refractivity contribution >= 4 is 33.0 Å². The van der Waals surface area contributed by atoms with Gasteiger partial charge in [-0.15, -0.1) is 0 Å². The van der Waals surface area contributed by atoms with Gasteiger partial charge in [0.15, 0.2) is 0 Å². The molecule has 0 spiro atoms. The second kappa shape index (κ2) is 4.94. The molecule has 98 valence electrons. The zero-order valence-electron chi connectivity index (χ0n) is 10.6. The lowest BCUT2D eigenvalue weighted by Gasteiger charge is -2.18. The Bertz CT molecular complexity index is 510. The van der Waals surface area contributed by atoms with Crippen LogP contribution >= 0.6 is 15.9 Å². The Balaban J connectivity index is 2.41. The van der Waals surface area contributed by atoms with Crippen molar-refractivity contribution in [1.29, 1.82) is 0 Å². The molecule has 0 heterocycles. The minimum Gasteiger partial charge on any atom is -0.591 e. The van der Waals surface area contributed by atoms with Crippen molar-refractivity contribution in [3.05, 3.63) is 33.5 Å². The van der Waals surface area contributed by atoms with Crippen molar-refractivity contribution in [1.82, 2.24) is 0 Å². The summed E-state index contributed by atoms with van der Waals surface area (Å²) in [7, 11) is 0. The topological polar surface area (TPSA) is 35.4 Å². The molecule has 1 aliphatic rings. The zero-order chi connectivity index (χ0) is 13.5. The second-order valence-electron chi connectivity index (χ2n) is 5.32. The first kappa shape index (κ1) is 14.0. The Kier molecular flexibility index (Phi) is 3.85. The van der Waals surface area contributed by atoms with Crippen LogP contribution in [0.15, 0.2) is 21.0 Å². The third-order valence-corrected chi connectivity index (χ3v) is 4.67. The van der Waals surface area contributed by atoms with E-state index in [1.165, 1.54) is 6.07 Å². The Labute approximate surface area is 118 Å². The van der Waals surface area contributed by atoms with Crippen LogP contribution in [0.1, 0.15) is 38.3 Å². The summed E-state index contributed by atoms with van der Waals surface area (Å²) < 4.78 is 30.5. The van der Waals surface area contributed by atoms with E-state index >= 15 is 0 Å². The summed E-state index contributed by atoms with van der Waals surface area (Å²) in [5, 5.41) is 0. The van der Waals surface area contributed by atoms with E-state index < -0.39 is 16.1 Å². The van der Waals surface area contributed by atoms with Gasteiger partial charge in [-0.3, -0.25) is 0 Å². The van der Waals surface area contributed by atoms with E-state index in [0.29, 0.717) is 17.7 Å². The molecule has 1 aliphatic carbocycles. The molecule has 0 aromatic heterocycles. The Morgan fingerprint density at radius 3 is 2.61 bits per heavy atom. The smallest absolute Gasteiger partial charge is 0.144 e. The summed E-state index contributed by atoms with van der Waals surface area (Å²) in [4.78, 5) is 0. The lowest BCUT2D eigenvalue weighted by molar-refractivity contribution is 0.561. The molecular weight excluding hydrogens is 317 g/mol. The predicted octanol–water partition coefficient (Wildman–Crippen LogP) is 3.79. The van der Waals surface area contributed by atoms with E-state index in [1.54, 1.807) is 0 Å². The van der Waals surface area contributed by atoms with Crippen LogP contribution in [-0.4, -0.2) is 15.0 Å². The highest BCUT2D eigenvalue weighted by Gasteiger charge is 2.30. The third kappa shape index (κ3) is 2.78. The SMILES string of the molecule is CC(C)(C)[S@+]([O-])/N=C1\CCc2cc(Br)cc(F)c21. The fourth-order valence-electron chi connectivity index (χ4n) is 1.85. The Morgan fingerprint density at radius 2 is 2.00 bits per heavy atom. The number of rotatable bonds is 1. The average Bonchev–Trinajstić information content (AvgIpc) is 2.59. The van der Waals surface area contributed by atoms with Crippen LogP contribution in [0.2, 0.25) is 0 Å². The first-order chi connectivity index (χ1) is 8.29.